The lowest BCUT2D eigenvalue weighted by molar-refractivity contribution is -0.121. The maximum atomic E-state index is 12.2. The van der Waals surface area contributed by atoms with Crippen molar-refractivity contribution >= 4 is 17.5 Å². The maximum Gasteiger partial charge on any atom is 0.296 e. The van der Waals surface area contributed by atoms with Crippen LogP contribution in [0.2, 0.25) is 0 Å². The van der Waals surface area contributed by atoms with E-state index in [4.69, 9.17) is 14.0 Å². The van der Waals surface area contributed by atoms with Crippen molar-refractivity contribution in [3.8, 4) is 5.75 Å². The molecule has 0 atom stereocenters. The van der Waals surface area contributed by atoms with Gasteiger partial charge in [-0.1, -0.05) is 6.07 Å². The predicted molar refractivity (Wildman–Crippen MR) is 83.5 cm³/mol. The first-order valence-corrected chi connectivity index (χ1v) is 7.49. The van der Waals surface area contributed by atoms with Crippen LogP contribution in [0, 0.1) is 6.92 Å². The number of carbonyl (C=O) groups excluding carboxylic acids is 2. The molecular weight excluding hydrogens is 314 g/mol. The molecule has 126 valence electrons. The quantitative estimate of drug-likeness (QED) is 0.836. The first kappa shape index (κ1) is 16.0. The monoisotopic (exact) mass is 331 g/mol. The fourth-order valence-corrected chi connectivity index (χ4v) is 2.30. The number of amides is 2. The molecular formula is C16H17N3O5. The summed E-state index contributed by atoms with van der Waals surface area (Å²) in [6.07, 6.45) is 1.23. The molecule has 2 amide bonds. The van der Waals surface area contributed by atoms with Gasteiger partial charge < -0.3 is 9.15 Å². The lowest BCUT2D eigenvalue weighted by atomic mass is 10.1. The van der Waals surface area contributed by atoms with Gasteiger partial charge in [0.05, 0.1) is 12.3 Å². The highest BCUT2D eigenvalue weighted by Crippen LogP contribution is 2.33. The van der Waals surface area contributed by atoms with E-state index in [1.165, 1.54) is 11.2 Å². The number of hydrogen-bond donors (Lipinski definition) is 1. The first-order valence-electron chi connectivity index (χ1n) is 7.49. The Balaban J connectivity index is 1.79. The number of fused-ring (bicyclic) bond motifs is 1. The van der Waals surface area contributed by atoms with Gasteiger partial charge in [0, 0.05) is 0 Å². The molecule has 8 nitrogen and oxygen atoms in total. The van der Waals surface area contributed by atoms with E-state index in [9.17, 15) is 9.59 Å². The van der Waals surface area contributed by atoms with Crippen molar-refractivity contribution in [1.29, 1.82) is 0 Å². The minimum Gasteiger partial charge on any atom is -0.482 e. The average Bonchev–Trinajstić information content (AvgIpc) is 3.04. The lowest BCUT2D eigenvalue weighted by Crippen LogP contribution is -2.38. The van der Waals surface area contributed by atoms with E-state index in [-0.39, 0.29) is 30.6 Å². The Morgan fingerprint density at radius 1 is 1.46 bits per heavy atom. The molecule has 0 unspecified atom stereocenters. The van der Waals surface area contributed by atoms with E-state index in [2.05, 4.69) is 10.5 Å². The largest absolute Gasteiger partial charge is 0.482 e. The summed E-state index contributed by atoms with van der Waals surface area (Å²) < 4.78 is 10.7. The van der Waals surface area contributed by atoms with Crippen LogP contribution in [0.15, 0.2) is 28.9 Å². The fraction of sp³-hybridized carbons (Fsp3) is 0.312. The molecule has 8 heteroatoms. The molecule has 1 aliphatic heterocycles. The van der Waals surface area contributed by atoms with Gasteiger partial charge in [-0.3, -0.25) is 19.3 Å². The number of rotatable bonds is 5. The van der Waals surface area contributed by atoms with Gasteiger partial charge in [0.2, 0.25) is 5.89 Å². The van der Waals surface area contributed by atoms with Gasteiger partial charge in [-0.15, -0.1) is 0 Å². The van der Waals surface area contributed by atoms with Gasteiger partial charge >= 0.3 is 0 Å². The standard InChI is InChI=1S/C16H17N3O5/c1-3-24-18-16(21)11-8-23-14(17-11)7-19-12-6-10(2)4-5-13(12)22-9-15(19)20/h4-6,8H,3,7,9H2,1-2H3,(H,18,21). The number of aromatic nitrogens is 1. The van der Waals surface area contributed by atoms with Crippen LogP contribution in [0.4, 0.5) is 5.69 Å². The summed E-state index contributed by atoms with van der Waals surface area (Å²) in [6.45, 7) is 4.08. The third kappa shape index (κ3) is 3.23. The number of oxazole rings is 1. The molecule has 0 fully saturated rings. The van der Waals surface area contributed by atoms with Crippen LogP contribution < -0.4 is 15.1 Å². The van der Waals surface area contributed by atoms with Crippen molar-refractivity contribution in [3.05, 3.63) is 41.6 Å². The highest BCUT2D eigenvalue weighted by Gasteiger charge is 2.27. The molecule has 0 saturated carbocycles. The molecule has 0 aliphatic carbocycles. The van der Waals surface area contributed by atoms with Gasteiger partial charge in [0.15, 0.2) is 12.3 Å². The number of hydroxylamine groups is 1. The van der Waals surface area contributed by atoms with Crippen LogP contribution in [0.25, 0.3) is 0 Å². The Morgan fingerprint density at radius 2 is 2.29 bits per heavy atom. The molecule has 1 aliphatic rings. The van der Waals surface area contributed by atoms with E-state index >= 15 is 0 Å². The summed E-state index contributed by atoms with van der Waals surface area (Å²) in [4.78, 5) is 34.4. The normalized spacial score (nSPS) is 13.4. The molecule has 0 saturated heterocycles. The number of benzene rings is 1. The number of aryl methyl sites for hydroxylation is 1. The van der Waals surface area contributed by atoms with Gasteiger partial charge in [-0.05, 0) is 31.5 Å². The minimum atomic E-state index is -0.503. The highest BCUT2D eigenvalue weighted by atomic mass is 16.6. The number of nitrogens with zero attached hydrogens (tertiary/aromatic N) is 2. The van der Waals surface area contributed by atoms with E-state index < -0.39 is 5.91 Å². The smallest absolute Gasteiger partial charge is 0.296 e. The summed E-state index contributed by atoms with van der Waals surface area (Å²) in [6, 6.07) is 5.59. The number of hydrogen-bond acceptors (Lipinski definition) is 6. The van der Waals surface area contributed by atoms with Crippen LogP contribution >= 0.6 is 0 Å². The van der Waals surface area contributed by atoms with Crippen LogP contribution in [0.5, 0.6) is 5.75 Å². The summed E-state index contributed by atoms with van der Waals surface area (Å²) >= 11 is 0. The average molecular weight is 331 g/mol. The summed E-state index contributed by atoms with van der Waals surface area (Å²) in [5.41, 5.74) is 3.98. The molecule has 0 radical (unpaired) electrons. The van der Waals surface area contributed by atoms with Crippen molar-refractivity contribution in [3.63, 3.8) is 0 Å². The zero-order chi connectivity index (χ0) is 17.1. The summed E-state index contributed by atoms with van der Waals surface area (Å²) in [5.74, 6) is 0.170. The van der Waals surface area contributed by atoms with E-state index in [1.54, 1.807) is 6.92 Å². The van der Waals surface area contributed by atoms with Gasteiger partial charge in [0.25, 0.3) is 11.8 Å². The van der Waals surface area contributed by atoms with Crippen LogP contribution in [0.1, 0.15) is 28.9 Å². The van der Waals surface area contributed by atoms with Crippen LogP contribution in [-0.4, -0.2) is 30.0 Å². The van der Waals surface area contributed by atoms with Crippen LogP contribution in [-0.2, 0) is 16.2 Å². The van der Waals surface area contributed by atoms with Crippen molar-refractivity contribution in [1.82, 2.24) is 10.5 Å². The minimum absolute atomic E-state index is 0.0472. The zero-order valence-electron chi connectivity index (χ0n) is 13.4. The van der Waals surface area contributed by atoms with Gasteiger partial charge in [0.1, 0.15) is 18.6 Å². The van der Waals surface area contributed by atoms with E-state index in [1.807, 2.05) is 25.1 Å². The Bertz CT molecular complexity index is 771. The van der Waals surface area contributed by atoms with Gasteiger partial charge in [-0.25, -0.2) is 10.5 Å². The Morgan fingerprint density at radius 3 is 3.08 bits per heavy atom. The molecule has 0 spiro atoms. The number of nitrogens with one attached hydrogen (secondary N) is 1. The topological polar surface area (TPSA) is 93.9 Å². The van der Waals surface area contributed by atoms with E-state index in [0.717, 1.165) is 5.56 Å². The second-order valence-electron chi connectivity index (χ2n) is 5.23. The maximum absolute atomic E-state index is 12.2. The molecule has 3 rings (SSSR count). The summed E-state index contributed by atoms with van der Waals surface area (Å²) in [5, 5.41) is 0. The first-order chi connectivity index (χ1) is 11.6. The third-order valence-corrected chi connectivity index (χ3v) is 3.44. The van der Waals surface area contributed by atoms with Crippen molar-refractivity contribution in [2.75, 3.05) is 18.1 Å². The fourth-order valence-electron chi connectivity index (χ4n) is 2.30. The molecule has 24 heavy (non-hydrogen) atoms. The SMILES string of the molecule is CCONC(=O)c1coc(CN2C(=O)COc3ccc(C)cc32)n1. The predicted octanol–water partition coefficient (Wildman–Crippen LogP) is 1.59. The number of carbonyl (C=O) groups is 2. The van der Waals surface area contributed by atoms with Crippen molar-refractivity contribution in [2.45, 2.75) is 20.4 Å². The second-order valence-corrected chi connectivity index (χ2v) is 5.23. The van der Waals surface area contributed by atoms with Crippen LogP contribution in [0.3, 0.4) is 0 Å². The van der Waals surface area contributed by atoms with E-state index in [0.29, 0.717) is 18.0 Å². The number of anilines is 1. The highest BCUT2D eigenvalue weighted by molar-refractivity contribution is 5.97. The summed E-state index contributed by atoms with van der Waals surface area (Å²) in [7, 11) is 0. The Kier molecular flexibility index (Phi) is 4.48. The lowest BCUT2D eigenvalue weighted by Gasteiger charge is -2.28. The third-order valence-electron chi connectivity index (χ3n) is 3.44. The molecule has 1 aromatic carbocycles. The van der Waals surface area contributed by atoms with Gasteiger partial charge in [-0.2, -0.15) is 0 Å². The molecule has 2 heterocycles. The Hall–Kier alpha value is -2.87. The molecule has 1 aromatic heterocycles. The molecule has 0 bridgehead atoms. The Labute approximate surface area is 138 Å². The zero-order valence-corrected chi connectivity index (χ0v) is 13.4. The second kappa shape index (κ2) is 6.71. The van der Waals surface area contributed by atoms with Crippen molar-refractivity contribution in [2.24, 2.45) is 0 Å². The van der Waals surface area contributed by atoms with Crippen molar-refractivity contribution < 1.29 is 23.6 Å². The number of ether oxygens (including phenoxy) is 1. The molecule has 1 N–H and O–H groups in total. The molecule has 2 aromatic rings.